The Morgan fingerprint density at radius 2 is 2.14 bits per heavy atom. The minimum Gasteiger partial charge on any atom is -0.367 e. The Morgan fingerprint density at radius 1 is 1.50 bits per heavy atom. The van der Waals surface area contributed by atoms with Crippen LogP contribution >= 0.6 is 0 Å². The van der Waals surface area contributed by atoms with E-state index >= 15 is 0 Å². The average molecular weight is 196 g/mol. The fourth-order valence-electron chi connectivity index (χ4n) is 1.83. The van der Waals surface area contributed by atoms with Crippen molar-refractivity contribution in [1.29, 1.82) is 0 Å². The Hall–Kier alpha value is -1.06. The number of hydrogen-bond acceptors (Lipinski definition) is 3. The molecule has 0 spiro atoms. The molecule has 0 bridgehead atoms. The highest BCUT2D eigenvalue weighted by Crippen LogP contribution is 2.24. The molecular formula is C10H20N4. The van der Waals surface area contributed by atoms with Crippen molar-refractivity contribution < 1.29 is 0 Å². The SMILES string of the molecule is CC(Cn1cnc(N)n1)CC(C)(C)C. The van der Waals surface area contributed by atoms with Crippen molar-refractivity contribution in [3.8, 4) is 0 Å². The Bertz CT molecular complexity index is 285. The van der Waals surface area contributed by atoms with Gasteiger partial charge < -0.3 is 5.73 Å². The molecule has 1 aromatic heterocycles. The molecule has 1 aromatic rings. The third-order valence-electron chi connectivity index (χ3n) is 2.01. The number of rotatable bonds is 3. The Morgan fingerprint density at radius 3 is 2.57 bits per heavy atom. The second-order valence-corrected chi connectivity index (χ2v) is 5.19. The summed E-state index contributed by atoms with van der Waals surface area (Å²) in [6, 6.07) is 0. The Balaban J connectivity index is 2.45. The van der Waals surface area contributed by atoms with E-state index in [-0.39, 0.29) is 0 Å². The van der Waals surface area contributed by atoms with Crippen molar-refractivity contribution in [3.05, 3.63) is 6.33 Å². The first kappa shape index (κ1) is 11.0. The van der Waals surface area contributed by atoms with E-state index in [1.165, 1.54) is 6.42 Å². The summed E-state index contributed by atoms with van der Waals surface area (Å²) >= 11 is 0. The van der Waals surface area contributed by atoms with E-state index in [2.05, 4.69) is 37.8 Å². The molecule has 0 aliphatic carbocycles. The molecule has 0 radical (unpaired) electrons. The highest BCUT2D eigenvalue weighted by molar-refractivity contribution is 5.09. The fourth-order valence-corrected chi connectivity index (χ4v) is 1.83. The van der Waals surface area contributed by atoms with E-state index < -0.39 is 0 Å². The van der Waals surface area contributed by atoms with Crippen LogP contribution in [0, 0.1) is 11.3 Å². The molecule has 14 heavy (non-hydrogen) atoms. The van der Waals surface area contributed by atoms with Crippen LogP contribution in [0.3, 0.4) is 0 Å². The Labute approximate surface area is 85.5 Å². The fraction of sp³-hybridized carbons (Fsp3) is 0.800. The topological polar surface area (TPSA) is 56.7 Å². The highest BCUT2D eigenvalue weighted by atomic mass is 15.4. The summed E-state index contributed by atoms with van der Waals surface area (Å²) in [5.74, 6) is 0.948. The third-order valence-corrected chi connectivity index (χ3v) is 2.01. The van der Waals surface area contributed by atoms with Crippen molar-refractivity contribution in [1.82, 2.24) is 14.8 Å². The summed E-state index contributed by atoms with van der Waals surface area (Å²) in [7, 11) is 0. The summed E-state index contributed by atoms with van der Waals surface area (Å²) in [5, 5.41) is 4.06. The lowest BCUT2D eigenvalue weighted by Crippen LogP contribution is -2.16. The van der Waals surface area contributed by atoms with Crippen LogP contribution in [0.25, 0.3) is 0 Å². The molecule has 0 aromatic carbocycles. The lowest BCUT2D eigenvalue weighted by atomic mass is 9.85. The van der Waals surface area contributed by atoms with Gasteiger partial charge in [0.2, 0.25) is 5.95 Å². The van der Waals surface area contributed by atoms with Crippen LogP contribution in [-0.2, 0) is 6.54 Å². The monoisotopic (exact) mass is 196 g/mol. The van der Waals surface area contributed by atoms with Crippen LogP contribution in [0.1, 0.15) is 34.1 Å². The van der Waals surface area contributed by atoms with Gasteiger partial charge in [-0.05, 0) is 17.8 Å². The predicted molar refractivity (Wildman–Crippen MR) is 57.7 cm³/mol. The van der Waals surface area contributed by atoms with Gasteiger partial charge in [0.1, 0.15) is 6.33 Å². The summed E-state index contributed by atoms with van der Waals surface area (Å²) in [6.07, 6.45) is 2.86. The van der Waals surface area contributed by atoms with Crippen molar-refractivity contribution in [2.75, 3.05) is 5.73 Å². The van der Waals surface area contributed by atoms with Crippen molar-refractivity contribution in [2.24, 2.45) is 11.3 Å². The van der Waals surface area contributed by atoms with Crippen LogP contribution in [-0.4, -0.2) is 14.8 Å². The second-order valence-electron chi connectivity index (χ2n) is 5.19. The molecule has 2 N–H and O–H groups in total. The largest absolute Gasteiger partial charge is 0.367 e. The van der Waals surface area contributed by atoms with Crippen molar-refractivity contribution >= 4 is 5.95 Å². The van der Waals surface area contributed by atoms with E-state index in [9.17, 15) is 0 Å². The molecule has 0 aliphatic rings. The number of nitrogen functional groups attached to an aromatic ring is 1. The standard InChI is InChI=1S/C10H20N4/c1-8(5-10(2,3)4)6-14-7-12-9(11)13-14/h7-8H,5-6H2,1-4H3,(H2,11,13). The zero-order chi connectivity index (χ0) is 10.8. The predicted octanol–water partition coefficient (Wildman–Crippen LogP) is 1.93. The minimum atomic E-state index is 0.355. The van der Waals surface area contributed by atoms with E-state index in [0.717, 1.165) is 6.54 Å². The molecule has 0 saturated carbocycles. The maximum Gasteiger partial charge on any atom is 0.239 e. The smallest absolute Gasteiger partial charge is 0.239 e. The number of anilines is 1. The van der Waals surface area contributed by atoms with Crippen molar-refractivity contribution in [3.63, 3.8) is 0 Å². The van der Waals surface area contributed by atoms with Gasteiger partial charge in [-0.1, -0.05) is 27.7 Å². The van der Waals surface area contributed by atoms with Crippen molar-refractivity contribution in [2.45, 2.75) is 40.7 Å². The van der Waals surface area contributed by atoms with E-state index in [4.69, 9.17) is 5.73 Å². The first-order valence-electron chi connectivity index (χ1n) is 5.02. The molecule has 0 fully saturated rings. The summed E-state index contributed by atoms with van der Waals surface area (Å²) < 4.78 is 1.81. The molecule has 1 rings (SSSR count). The zero-order valence-electron chi connectivity index (χ0n) is 9.49. The van der Waals surface area contributed by atoms with Gasteiger partial charge in [-0.2, -0.15) is 0 Å². The number of aromatic nitrogens is 3. The van der Waals surface area contributed by atoms with E-state index in [1.54, 1.807) is 6.33 Å². The van der Waals surface area contributed by atoms with Gasteiger partial charge in [0.05, 0.1) is 0 Å². The van der Waals surface area contributed by atoms with E-state index in [1.807, 2.05) is 4.68 Å². The molecule has 0 saturated heterocycles. The summed E-state index contributed by atoms with van der Waals surface area (Å²) in [4.78, 5) is 3.90. The first-order valence-corrected chi connectivity index (χ1v) is 5.02. The maximum atomic E-state index is 5.44. The van der Waals surface area contributed by atoms with Crippen LogP contribution in [0.5, 0.6) is 0 Å². The van der Waals surface area contributed by atoms with Crippen LogP contribution in [0.2, 0.25) is 0 Å². The lowest BCUT2D eigenvalue weighted by Gasteiger charge is -2.22. The van der Waals surface area contributed by atoms with E-state index in [0.29, 0.717) is 17.3 Å². The van der Waals surface area contributed by atoms with Gasteiger partial charge >= 0.3 is 0 Å². The highest BCUT2D eigenvalue weighted by Gasteiger charge is 2.15. The van der Waals surface area contributed by atoms with Gasteiger partial charge in [-0.25, -0.2) is 4.98 Å². The summed E-state index contributed by atoms with van der Waals surface area (Å²) in [6.45, 7) is 9.86. The molecule has 1 unspecified atom stereocenters. The van der Waals surface area contributed by atoms with Gasteiger partial charge in [-0.15, -0.1) is 5.10 Å². The first-order chi connectivity index (χ1) is 6.37. The minimum absolute atomic E-state index is 0.355. The number of nitrogens with two attached hydrogens (primary N) is 1. The molecule has 0 aliphatic heterocycles. The normalized spacial score (nSPS) is 14.3. The molecule has 1 atom stereocenters. The molecule has 1 heterocycles. The van der Waals surface area contributed by atoms with Crippen LogP contribution in [0.4, 0.5) is 5.95 Å². The molecule has 80 valence electrons. The zero-order valence-corrected chi connectivity index (χ0v) is 9.49. The quantitative estimate of drug-likeness (QED) is 0.803. The maximum absolute atomic E-state index is 5.44. The molecule has 0 amide bonds. The number of nitrogens with zero attached hydrogens (tertiary/aromatic N) is 3. The van der Waals surface area contributed by atoms with Gasteiger partial charge in [0, 0.05) is 6.54 Å². The lowest BCUT2D eigenvalue weighted by molar-refractivity contribution is 0.279. The van der Waals surface area contributed by atoms with Crippen LogP contribution in [0.15, 0.2) is 6.33 Å². The Kier molecular flexibility index (Phi) is 3.13. The number of hydrogen-bond donors (Lipinski definition) is 1. The molecule has 4 nitrogen and oxygen atoms in total. The average Bonchev–Trinajstić information content (AvgIpc) is 2.30. The van der Waals surface area contributed by atoms with Gasteiger partial charge in [0.25, 0.3) is 0 Å². The third kappa shape index (κ3) is 3.77. The molecular weight excluding hydrogens is 176 g/mol. The molecule has 4 heteroatoms. The van der Waals surface area contributed by atoms with Gasteiger partial charge in [-0.3, -0.25) is 4.68 Å². The van der Waals surface area contributed by atoms with Gasteiger partial charge in [0.15, 0.2) is 0 Å². The second kappa shape index (κ2) is 3.98. The summed E-state index contributed by atoms with van der Waals surface area (Å²) in [5.41, 5.74) is 5.81. The van der Waals surface area contributed by atoms with Crippen LogP contribution < -0.4 is 5.73 Å².